The van der Waals surface area contributed by atoms with Crippen molar-refractivity contribution in [2.75, 3.05) is 7.05 Å². The molecule has 1 saturated carbocycles. The van der Waals surface area contributed by atoms with Gasteiger partial charge in [-0.15, -0.1) is 0 Å². The van der Waals surface area contributed by atoms with E-state index in [-0.39, 0.29) is 12.1 Å². The third-order valence-corrected chi connectivity index (χ3v) is 2.26. The molecule has 3 nitrogen and oxygen atoms in total. The SMILES string of the molecule is CN(C(=O)C(F)(F)F)C1CC(N)C1. The third-order valence-electron chi connectivity index (χ3n) is 2.26. The molecule has 2 N–H and O–H groups in total. The standard InChI is InChI=1S/C7H11F3N2O/c1-12(5-2-4(11)3-5)6(13)7(8,9)10/h4-5H,2-3,11H2,1H3. The van der Waals surface area contributed by atoms with Gasteiger partial charge >= 0.3 is 12.1 Å². The van der Waals surface area contributed by atoms with Crippen LogP contribution in [0.1, 0.15) is 12.8 Å². The average molecular weight is 196 g/mol. The number of alkyl halides is 3. The molecule has 0 aliphatic heterocycles. The van der Waals surface area contributed by atoms with Crippen molar-refractivity contribution in [3.05, 3.63) is 0 Å². The van der Waals surface area contributed by atoms with Gasteiger partial charge in [-0.3, -0.25) is 4.79 Å². The Morgan fingerprint density at radius 3 is 2.23 bits per heavy atom. The number of hydrogen-bond donors (Lipinski definition) is 1. The smallest absolute Gasteiger partial charge is 0.335 e. The zero-order valence-corrected chi connectivity index (χ0v) is 7.14. The molecule has 1 aliphatic carbocycles. The van der Waals surface area contributed by atoms with E-state index in [4.69, 9.17) is 5.73 Å². The van der Waals surface area contributed by atoms with Gasteiger partial charge in [0.15, 0.2) is 0 Å². The van der Waals surface area contributed by atoms with Crippen molar-refractivity contribution >= 4 is 5.91 Å². The highest BCUT2D eigenvalue weighted by Crippen LogP contribution is 2.27. The third kappa shape index (κ3) is 2.12. The van der Waals surface area contributed by atoms with Crippen LogP contribution in [-0.4, -0.2) is 36.1 Å². The second-order valence-electron chi connectivity index (χ2n) is 3.30. The second-order valence-corrected chi connectivity index (χ2v) is 3.30. The predicted molar refractivity (Wildman–Crippen MR) is 39.8 cm³/mol. The summed E-state index contributed by atoms with van der Waals surface area (Å²) in [7, 11) is 1.16. The number of hydrogen-bond acceptors (Lipinski definition) is 2. The first-order valence-electron chi connectivity index (χ1n) is 3.92. The van der Waals surface area contributed by atoms with Crippen molar-refractivity contribution < 1.29 is 18.0 Å². The summed E-state index contributed by atoms with van der Waals surface area (Å²) < 4.78 is 35.7. The molecule has 0 radical (unpaired) electrons. The number of carbonyl (C=O) groups excluding carboxylic acids is 1. The minimum atomic E-state index is -4.77. The van der Waals surface area contributed by atoms with Crippen LogP contribution in [0.3, 0.4) is 0 Å². The van der Waals surface area contributed by atoms with Gasteiger partial charge in [-0.05, 0) is 12.8 Å². The lowest BCUT2D eigenvalue weighted by Gasteiger charge is -2.39. The molecule has 1 amide bonds. The molecule has 1 rings (SSSR count). The van der Waals surface area contributed by atoms with Crippen LogP contribution < -0.4 is 5.73 Å². The first-order valence-corrected chi connectivity index (χ1v) is 3.92. The number of amides is 1. The molecule has 0 aromatic rings. The summed E-state index contributed by atoms with van der Waals surface area (Å²) in [4.78, 5) is 11.4. The average Bonchev–Trinajstić information content (AvgIpc) is 1.94. The van der Waals surface area contributed by atoms with Gasteiger partial charge in [0.2, 0.25) is 0 Å². The van der Waals surface area contributed by atoms with Crippen LogP contribution in [-0.2, 0) is 4.79 Å². The van der Waals surface area contributed by atoms with Crippen molar-refractivity contribution in [2.24, 2.45) is 5.73 Å². The lowest BCUT2D eigenvalue weighted by molar-refractivity contribution is -0.187. The molecule has 0 saturated heterocycles. The van der Waals surface area contributed by atoms with Gasteiger partial charge < -0.3 is 10.6 Å². The van der Waals surface area contributed by atoms with Gasteiger partial charge in [-0.2, -0.15) is 13.2 Å². The summed E-state index contributed by atoms with van der Waals surface area (Å²) in [5.74, 6) is -1.79. The normalized spacial score (nSPS) is 28.1. The molecule has 0 spiro atoms. The first kappa shape index (κ1) is 10.3. The summed E-state index contributed by atoms with van der Waals surface area (Å²) >= 11 is 0. The molecular weight excluding hydrogens is 185 g/mol. The highest BCUT2D eigenvalue weighted by atomic mass is 19.4. The van der Waals surface area contributed by atoms with E-state index >= 15 is 0 Å². The Kier molecular flexibility index (Phi) is 2.51. The number of carbonyl (C=O) groups is 1. The van der Waals surface area contributed by atoms with Crippen molar-refractivity contribution in [2.45, 2.75) is 31.1 Å². The van der Waals surface area contributed by atoms with E-state index in [1.807, 2.05) is 0 Å². The van der Waals surface area contributed by atoms with Gasteiger partial charge in [0.05, 0.1) is 0 Å². The van der Waals surface area contributed by atoms with Crippen LogP contribution in [0.4, 0.5) is 13.2 Å². The fourth-order valence-corrected chi connectivity index (χ4v) is 1.31. The van der Waals surface area contributed by atoms with E-state index in [1.54, 1.807) is 0 Å². The fourth-order valence-electron chi connectivity index (χ4n) is 1.31. The molecule has 0 bridgehead atoms. The van der Waals surface area contributed by atoms with Gasteiger partial charge in [-0.1, -0.05) is 0 Å². The van der Waals surface area contributed by atoms with Crippen molar-refractivity contribution in [1.29, 1.82) is 0 Å². The minimum Gasteiger partial charge on any atom is -0.335 e. The molecule has 76 valence electrons. The summed E-state index contributed by atoms with van der Waals surface area (Å²) in [6.45, 7) is 0. The number of halogens is 3. The maximum atomic E-state index is 11.9. The summed E-state index contributed by atoms with van der Waals surface area (Å²) in [5, 5.41) is 0. The maximum absolute atomic E-state index is 11.9. The molecule has 13 heavy (non-hydrogen) atoms. The number of rotatable bonds is 1. The Bertz CT molecular complexity index is 210. The van der Waals surface area contributed by atoms with Gasteiger partial charge in [0.25, 0.3) is 0 Å². The predicted octanol–water partition coefficient (Wildman–Crippen LogP) is 0.497. The van der Waals surface area contributed by atoms with Crippen LogP contribution >= 0.6 is 0 Å². The van der Waals surface area contributed by atoms with Crippen LogP contribution in [0.2, 0.25) is 0 Å². The topological polar surface area (TPSA) is 46.3 Å². The highest BCUT2D eigenvalue weighted by Gasteiger charge is 2.45. The van der Waals surface area contributed by atoms with Crippen LogP contribution in [0, 0.1) is 0 Å². The summed E-state index contributed by atoms with van der Waals surface area (Å²) in [6.07, 6.45) is -3.86. The van der Waals surface area contributed by atoms with Crippen LogP contribution in [0.15, 0.2) is 0 Å². The Hall–Kier alpha value is -0.780. The monoisotopic (exact) mass is 196 g/mol. The molecule has 0 aromatic carbocycles. The van der Waals surface area contributed by atoms with E-state index in [1.165, 1.54) is 0 Å². The molecule has 0 atom stereocenters. The molecule has 1 fully saturated rings. The zero-order valence-electron chi connectivity index (χ0n) is 7.14. The number of nitrogens with zero attached hydrogens (tertiary/aromatic N) is 1. The van der Waals surface area contributed by atoms with E-state index in [0.29, 0.717) is 12.8 Å². The first-order chi connectivity index (χ1) is 5.82. The zero-order chi connectivity index (χ0) is 10.2. The van der Waals surface area contributed by atoms with Crippen LogP contribution in [0.5, 0.6) is 0 Å². The molecule has 6 heteroatoms. The highest BCUT2D eigenvalue weighted by molar-refractivity contribution is 5.82. The van der Waals surface area contributed by atoms with Gasteiger partial charge in [0.1, 0.15) is 0 Å². The van der Waals surface area contributed by atoms with Crippen molar-refractivity contribution in [1.82, 2.24) is 4.90 Å². The molecule has 0 heterocycles. The Labute approximate surface area is 73.7 Å². The molecule has 0 unspecified atom stereocenters. The Balaban J connectivity index is 2.49. The lowest BCUT2D eigenvalue weighted by Crippen LogP contribution is -2.54. The largest absolute Gasteiger partial charge is 0.471 e. The summed E-state index contributed by atoms with van der Waals surface area (Å²) in [5.41, 5.74) is 5.40. The molecule has 1 aliphatic rings. The molecule has 0 aromatic heterocycles. The van der Waals surface area contributed by atoms with Crippen molar-refractivity contribution in [3.63, 3.8) is 0 Å². The summed E-state index contributed by atoms with van der Waals surface area (Å²) in [6, 6.07) is -0.405. The quantitative estimate of drug-likeness (QED) is 0.663. The minimum absolute atomic E-state index is 0.0616. The van der Waals surface area contributed by atoms with E-state index < -0.39 is 12.1 Å². The Morgan fingerprint density at radius 1 is 1.46 bits per heavy atom. The lowest BCUT2D eigenvalue weighted by atomic mass is 9.86. The van der Waals surface area contributed by atoms with E-state index in [9.17, 15) is 18.0 Å². The maximum Gasteiger partial charge on any atom is 0.471 e. The Morgan fingerprint density at radius 2 is 1.92 bits per heavy atom. The van der Waals surface area contributed by atoms with Crippen molar-refractivity contribution in [3.8, 4) is 0 Å². The van der Waals surface area contributed by atoms with Crippen LogP contribution in [0.25, 0.3) is 0 Å². The number of nitrogens with two attached hydrogens (primary N) is 1. The second kappa shape index (κ2) is 3.17. The van der Waals surface area contributed by atoms with Gasteiger partial charge in [0, 0.05) is 19.1 Å². The fraction of sp³-hybridized carbons (Fsp3) is 0.857. The van der Waals surface area contributed by atoms with E-state index in [2.05, 4.69) is 0 Å². The molecular formula is C7H11F3N2O. The van der Waals surface area contributed by atoms with E-state index in [0.717, 1.165) is 11.9 Å². The van der Waals surface area contributed by atoms with Gasteiger partial charge in [-0.25, -0.2) is 0 Å².